The van der Waals surface area contributed by atoms with Gasteiger partial charge < -0.3 is 0 Å². The average molecular weight is 335 g/mol. The molecule has 0 N–H and O–H groups in total. The molecule has 118 valence electrons. The molecule has 1 fully saturated rings. The normalized spacial score (nSPS) is 21.3. The molecule has 21 heavy (non-hydrogen) atoms. The van der Waals surface area contributed by atoms with Crippen LogP contribution in [0.1, 0.15) is 32.6 Å². The van der Waals surface area contributed by atoms with Crippen molar-refractivity contribution in [2.24, 2.45) is 0 Å². The third kappa shape index (κ3) is 3.44. The molecular formula is C13H18FNO4S2. The lowest BCUT2D eigenvalue weighted by Crippen LogP contribution is -2.43. The lowest BCUT2D eigenvalue weighted by Gasteiger charge is -2.34. The fourth-order valence-corrected chi connectivity index (χ4v) is 5.02. The Hall–Kier alpha value is -0.990. The van der Waals surface area contributed by atoms with Gasteiger partial charge in [-0.2, -0.15) is 12.7 Å². The van der Waals surface area contributed by atoms with Gasteiger partial charge in [-0.1, -0.05) is 19.4 Å². The third-order valence-electron chi connectivity index (χ3n) is 3.74. The van der Waals surface area contributed by atoms with Crippen LogP contribution in [0, 0.1) is 0 Å². The van der Waals surface area contributed by atoms with Gasteiger partial charge >= 0.3 is 10.2 Å². The second-order valence-corrected chi connectivity index (χ2v) is 8.32. The summed E-state index contributed by atoms with van der Waals surface area (Å²) in [6.45, 7) is 2.33. The molecule has 0 saturated carbocycles. The first-order valence-corrected chi connectivity index (χ1v) is 9.65. The van der Waals surface area contributed by atoms with Gasteiger partial charge in [0.15, 0.2) is 0 Å². The van der Waals surface area contributed by atoms with Crippen LogP contribution in [0.15, 0.2) is 34.1 Å². The molecule has 2 rings (SSSR count). The maximum atomic E-state index is 13.0. The van der Waals surface area contributed by atoms with Crippen molar-refractivity contribution in [1.82, 2.24) is 4.31 Å². The number of rotatable bonds is 4. The van der Waals surface area contributed by atoms with Crippen LogP contribution < -0.4 is 0 Å². The molecule has 8 heteroatoms. The molecule has 1 atom stereocenters. The lowest BCUT2D eigenvalue weighted by molar-refractivity contribution is 0.246. The second kappa shape index (κ2) is 6.02. The van der Waals surface area contributed by atoms with E-state index in [1.807, 2.05) is 6.92 Å². The first kappa shape index (κ1) is 16.4. The van der Waals surface area contributed by atoms with Gasteiger partial charge in [0.05, 0.1) is 9.79 Å². The number of nitrogens with zero attached hydrogens (tertiary/aromatic N) is 1. The van der Waals surface area contributed by atoms with E-state index in [1.165, 1.54) is 16.4 Å². The van der Waals surface area contributed by atoms with E-state index in [4.69, 9.17) is 0 Å². The highest BCUT2D eigenvalue weighted by molar-refractivity contribution is 7.89. The van der Waals surface area contributed by atoms with Crippen molar-refractivity contribution < 1.29 is 20.7 Å². The van der Waals surface area contributed by atoms with Crippen LogP contribution in [0.4, 0.5) is 3.89 Å². The number of hydrogen-bond donors (Lipinski definition) is 0. The van der Waals surface area contributed by atoms with Gasteiger partial charge in [0.2, 0.25) is 10.0 Å². The van der Waals surface area contributed by atoms with E-state index in [0.29, 0.717) is 13.0 Å². The first-order chi connectivity index (χ1) is 9.76. The minimum Gasteiger partial charge on any atom is -0.207 e. The molecule has 0 bridgehead atoms. The number of halogens is 1. The van der Waals surface area contributed by atoms with E-state index >= 15 is 0 Å². The summed E-state index contributed by atoms with van der Waals surface area (Å²) in [5, 5.41) is 0. The first-order valence-electron chi connectivity index (χ1n) is 6.83. The number of hydrogen-bond acceptors (Lipinski definition) is 4. The molecule has 0 spiro atoms. The van der Waals surface area contributed by atoms with Crippen molar-refractivity contribution in [1.29, 1.82) is 0 Å². The molecule has 5 nitrogen and oxygen atoms in total. The largest absolute Gasteiger partial charge is 0.332 e. The maximum Gasteiger partial charge on any atom is 0.332 e. The summed E-state index contributed by atoms with van der Waals surface area (Å²) in [5.74, 6) is 0. The van der Waals surface area contributed by atoms with Crippen LogP contribution in [0.25, 0.3) is 0 Å². The molecule has 1 aromatic rings. The lowest BCUT2D eigenvalue weighted by atomic mass is 10.0. The van der Waals surface area contributed by atoms with Crippen LogP contribution in [0.3, 0.4) is 0 Å². The summed E-state index contributed by atoms with van der Waals surface area (Å²) in [6.07, 6.45) is 3.23. The van der Waals surface area contributed by atoms with E-state index in [-0.39, 0.29) is 10.9 Å². The highest BCUT2D eigenvalue weighted by atomic mass is 32.3. The summed E-state index contributed by atoms with van der Waals surface area (Å²) >= 11 is 0. The SMILES string of the molecule is CCC1CCCCN1S(=O)(=O)c1cccc(S(=O)(=O)F)c1. The van der Waals surface area contributed by atoms with Gasteiger partial charge in [-0.15, -0.1) is 3.89 Å². The summed E-state index contributed by atoms with van der Waals surface area (Å²) < 4.78 is 61.6. The molecule has 0 radical (unpaired) electrons. The Morgan fingerprint density at radius 1 is 1.19 bits per heavy atom. The molecule has 1 aliphatic rings. The predicted molar refractivity (Wildman–Crippen MR) is 76.6 cm³/mol. The number of sulfonamides is 1. The van der Waals surface area contributed by atoms with E-state index in [1.54, 1.807) is 0 Å². The van der Waals surface area contributed by atoms with Crippen LogP contribution in [0.5, 0.6) is 0 Å². The molecule has 0 aliphatic carbocycles. The quantitative estimate of drug-likeness (QED) is 0.792. The van der Waals surface area contributed by atoms with Crippen molar-refractivity contribution >= 4 is 20.2 Å². The Labute approximate surface area is 125 Å². The summed E-state index contributed by atoms with van der Waals surface area (Å²) in [5.41, 5.74) is 0. The minimum absolute atomic E-state index is 0.0885. The van der Waals surface area contributed by atoms with Gasteiger partial charge in [-0.05, 0) is 37.5 Å². The van der Waals surface area contributed by atoms with Crippen LogP contribution in [-0.2, 0) is 20.2 Å². The van der Waals surface area contributed by atoms with Crippen molar-refractivity contribution in [3.63, 3.8) is 0 Å². The Morgan fingerprint density at radius 2 is 1.86 bits per heavy atom. The average Bonchev–Trinajstić information content (AvgIpc) is 2.46. The van der Waals surface area contributed by atoms with Crippen molar-refractivity contribution in [2.45, 2.75) is 48.4 Å². The highest BCUT2D eigenvalue weighted by Gasteiger charge is 2.33. The van der Waals surface area contributed by atoms with Gasteiger partial charge in [-0.25, -0.2) is 8.42 Å². The molecular weight excluding hydrogens is 317 g/mol. The maximum absolute atomic E-state index is 13.0. The summed E-state index contributed by atoms with van der Waals surface area (Å²) in [6, 6.07) is 4.37. The van der Waals surface area contributed by atoms with Gasteiger partial charge in [0, 0.05) is 12.6 Å². The van der Waals surface area contributed by atoms with Gasteiger partial charge in [-0.3, -0.25) is 0 Å². The van der Waals surface area contributed by atoms with Crippen LogP contribution in [-0.4, -0.2) is 33.7 Å². The van der Waals surface area contributed by atoms with Crippen molar-refractivity contribution in [2.75, 3.05) is 6.54 Å². The van der Waals surface area contributed by atoms with Crippen molar-refractivity contribution in [3.8, 4) is 0 Å². The summed E-state index contributed by atoms with van der Waals surface area (Å²) in [7, 11) is -8.72. The Morgan fingerprint density at radius 3 is 2.48 bits per heavy atom. The number of piperidine rings is 1. The molecule has 0 aromatic heterocycles. The highest BCUT2D eigenvalue weighted by Crippen LogP contribution is 2.28. The standard InChI is InChI=1S/C13H18FNO4S2/c1-2-11-6-3-4-9-15(11)21(18,19)13-8-5-7-12(10-13)20(14,16)17/h5,7-8,10-11H,2-4,6,9H2,1H3. The second-order valence-electron chi connectivity index (χ2n) is 5.09. The molecule has 0 amide bonds. The Balaban J connectivity index is 2.44. The predicted octanol–water partition coefficient (Wildman–Crippen LogP) is 2.30. The van der Waals surface area contributed by atoms with E-state index in [0.717, 1.165) is 31.4 Å². The van der Waals surface area contributed by atoms with Crippen LogP contribution >= 0.6 is 0 Å². The third-order valence-corrected chi connectivity index (χ3v) is 6.50. The summed E-state index contributed by atoms with van der Waals surface area (Å²) in [4.78, 5) is -0.810. The Kier molecular flexibility index (Phi) is 4.69. The zero-order chi connectivity index (χ0) is 15.7. The monoisotopic (exact) mass is 335 g/mol. The zero-order valence-electron chi connectivity index (χ0n) is 11.7. The van der Waals surface area contributed by atoms with E-state index in [9.17, 15) is 20.7 Å². The topological polar surface area (TPSA) is 71.5 Å². The molecule has 1 aliphatic heterocycles. The van der Waals surface area contributed by atoms with Crippen LogP contribution in [0.2, 0.25) is 0 Å². The zero-order valence-corrected chi connectivity index (χ0v) is 13.3. The fraction of sp³-hybridized carbons (Fsp3) is 0.538. The number of benzene rings is 1. The van der Waals surface area contributed by atoms with E-state index < -0.39 is 25.1 Å². The molecule has 1 aromatic carbocycles. The Bertz CT molecular complexity index is 715. The van der Waals surface area contributed by atoms with Crippen molar-refractivity contribution in [3.05, 3.63) is 24.3 Å². The van der Waals surface area contributed by atoms with Gasteiger partial charge in [0.1, 0.15) is 0 Å². The molecule has 1 heterocycles. The molecule has 1 unspecified atom stereocenters. The molecule has 1 saturated heterocycles. The fourth-order valence-electron chi connectivity index (χ4n) is 2.62. The van der Waals surface area contributed by atoms with E-state index in [2.05, 4.69) is 0 Å². The minimum atomic E-state index is -4.92. The van der Waals surface area contributed by atoms with Gasteiger partial charge in [0.25, 0.3) is 0 Å². The smallest absolute Gasteiger partial charge is 0.207 e.